The van der Waals surface area contributed by atoms with Crippen LogP contribution in [0.3, 0.4) is 0 Å². The largest absolute Gasteiger partial charge is 0.481 e. The van der Waals surface area contributed by atoms with Crippen LogP contribution in [0, 0.1) is 5.92 Å². The topological polar surface area (TPSA) is 89.9 Å². The highest BCUT2D eigenvalue weighted by Gasteiger charge is 2.37. The molecule has 6 nitrogen and oxygen atoms in total. The van der Waals surface area contributed by atoms with Crippen LogP contribution >= 0.6 is 0 Å². The van der Waals surface area contributed by atoms with Gasteiger partial charge in [0.1, 0.15) is 0 Å². The number of carbonyl (C=O) groups excluding carboxylic acids is 1. The fourth-order valence-electron chi connectivity index (χ4n) is 2.80. The predicted molar refractivity (Wildman–Crippen MR) is 64.0 cm³/mol. The molecule has 2 aliphatic rings. The van der Waals surface area contributed by atoms with E-state index in [2.05, 4.69) is 5.32 Å². The van der Waals surface area contributed by atoms with Crippen molar-refractivity contribution in [1.29, 1.82) is 0 Å². The van der Waals surface area contributed by atoms with Crippen molar-refractivity contribution in [3.63, 3.8) is 0 Å². The van der Waals surface area contributed by atoms with E-state index in [1.54, 1.807) is 0 Å². The normalized spacial score (nSPS) is 34.1. The number of aliphatic carboxylic acids is 1. The number of carboxylic acid groups (broad SMARTS) is 1. The van der Waals surface area contributed by atoms with E-state index in [-0.39, 0.29) is 11.8 Å². The van der Waals surface area contributed by atoms with Crippen LogP contribution in [-0.2, 0) is 9.59 Å². The number of aliphatic hydroxyl groups is 1. The van der Waals surface area contributed by atoms with E-state index in [1.165, 1.54) is 0 Å². The summed E-state index contributed by atoms with van der Waals surface area (Å²) in [6.45, 7) is 2.15. The molecular weight excluding hydrogens is 236 g/mol. The van der Waals surface area contributed by atoms with E-state index >= 15 is 0 Å². The Labute approximate surface area is 106 Å². The number of rotatable bonds is 3. The first-order valence-electron chi connectivity index (χ1n) is 6.43. The Morgan fingerprint density at radius 2 is 2.11 bits per heavy atom. The highest BCUT2D eigenvalue weighted by Crippen LogP contribution is 2.32. The average molecular weight is 256 g/mol. The zero-order chi connectivity index (χ0) is 13.2. The van der Waals surface area contributed by atoms with E-state index in [0.29, 0.717) is 45.3 Å². The number of carboxylic acids is 1. The van der Waals surface area contributed by atoms with Crippen LogP contribution in [0.2, 0.25) is 0 Å². The quantitative estimate of drug-likeness (QED) is 0.629. The van der Waals surface area contributed by atoms with Crippen LogP contribution in [-0.4, -0.2) is 58.8 Å². The summed E-state index contributed by atoms with van der Waals surface area (Å²) in [6.07, 6.45) is 2.04. The molecule has 1 aliphatic carbocycles. The van der Waals surface area contributed by atoms with Gasteiger partial charge in [-0.15, -0.1) is 0 Å². The third kappa shape index (κ3) is 3.20. The summed E-state index contributed by atoms with van der Waals surface area (Å²) in [7, 11) is 0. The van der Waals surface area contributed by atoms with E-state index in [1.807, 2.05) is 4.90 Å². The first-order chi connectivity index (χ1) is 8.48. The fourth-order valence-corrected chi connectivity index (χ4v) is 2.80. The van der Waals surface area contributed by atoms with Gasteiger partial charge in [0.2, 0.25) is 5.91 Å². The number of carbonyl (C=O) groups is 2. The van der Waals surface area contributed by atoms with Gasteiger partial charge in [-0.2, -0.15) is 0 Å². The van der Waals surface area contributed by atoms with Crippen LogP contribution in [0.5, 0.6) is 0 Å². The smallest absolute Gasteiger partial charge is 0.306 e. The van der Waals surface area contributed by atoms with Gasteiger partial charge in [-0.25, -0.2) is 0 Å². The van der Waals surface area contributed by atoms with Crippen LogP contribution in [0.4, 0.5) is 0 Å². The maximum Gasteiger partial charge on any atom is 0.306 e. The lowest BCUT2D eigenvalue weighted by Crippen LogP contribution is -2.54. The first kappa shape index (κ1) is 13.3. The number of nitrogens with zero attached hydrogens (tertiary/aromatic N) is 1. The van der Waals surface area contributed by atoms with Crippen molar-refractivity contribution >= 4 is 11.9 Å². The third-order valence-corrected chi connectivity index (χ3v) is 3.90. The van der Waals surface area contributed by atoms with Crippen molar-refractivity contribution in [1.82, 2.24) is 10.2 Å². The van der Waals surface area contributed by atoms with E-state index in [4.69, 9.17) is 5.11 Å². The van der Waals surface area contributed by atoms with Gasteiger partial charge in [-0.1, -0.05) is 0 Å². The number of amides is 1. The molecule has 1 saturated carbocycles. The molecule has 0 spiro atoms. The van der Waals surface area contributed by atoms with E-state index in [9.17, 15) is 14.7 Å². The number of hydrogen-bond acceptors (Lipinski definition) is 4. The molecule has 2 fully saturated rings. The number of piperazine rings is 1. The minimum Gasteiger partial charge on any atom is -0.481 e. The molecule has 1 aliphatic heterocycles. The molecule has 1 amide bonds. The molecule has 0 aromatic rings. The lowest BCUT2D eigenvalue weighted by Gasteiger charge is -2.39. The van der Waals surface area contributed by atoms with Crippen LogP contribution in [0.25, 0.3) is 0 Å². The standard InChI is InChI=1S/C12H20N2O4/c15-10-7-14(6-5-13-10)8-12(18)3-1-9(2-4-12)11(16)17/h9,18H,1-8H2,(H,13,15)(H,16,17). The molecule has 1 heterocycles. The maximum absolute atomic E-state index is 11.2. The van der Waals surface area contributed by atoms with Crippen LogP contribution < -0.4 is 5.32 Å². The Hall–Kier alpha value is -1.14. The molecule has 0 atom stereocenters. The van der Waals surface area contributed by atoms with E-state index < -0.39 is 11.6 Å². The Balaban J connectivity index is 1.85. The monoisotopic (exact) mass is 256 g/mol. The molecule has 102 valence electrons. The summed E-state index contributed by atoms with van der Waals surface area (Å²) >= 11 is 0. The molecule has 0 unspecified atom stereocenters. The van der Waals surface area contributed by atoms with Crippen molar-refractivity contribution in [3.8, 4) is 0 Å². The second-order valence-corrected chi connectivity index (χ2v) is 5.40. The van der Waals surface area contributed by atoms with E-state index in [0.717, 1.165) is 6.54 Å². The van der Waals surface area contributed by atoms with Gasteiger partial charge in [0.25, 0.3) is 0 Å². The maximum atomic E-state index is 11.2. The van der Waals surface area contributed by atoms with Crippen molar-refractivity contribution in [2.45, 2.75) is 31.3 Å². The van der Waals surface area contributed by atoms with Crippen molar-refractivity contribution in [2.75, 3.05) is 26.2 Å². The Kier molecular flexibility index (Phi) is 3.87. The predicted octanol–water partition coefficient (Wildman–Crippen LogP) is -0.576. The fraction of sp³-hybridized carbons (Fsp3) is 0.833. The summed E-state index contributed by atoms with van der Waals surface area (Å²) in [5, 5.41) is 22.1. The summed E-state index contributed by atoms with van der Waals surface area (Å²) in [4.78, 5) is 24.0. The molecule has 2 rings (SSSR count). The molecule has 0 bridgehead atoms. The highest BCUT2D eigenvalue weighted by molar-refractivity contribution is 5.78. The second kappa shape index (κ2) is 5.24. The SMILES string of the molecule is O=C1CN(CC2(O)CCC(C(=O)O)CC2)CCN1. The second-order valence-electron chi connectivity index (χ2n) is 5.40. The molecule has 6 heteroatoms. The molecule has 0 aromatic carbocycles. The van der Waals surface area contributed by atoms with Gasteiger partial charge in [-0.3, -0.25) is 14.5 Å². The summed E-state index contributed by atoms with van der Waals surface area (Å²) in [5.74, 6) is -1.10. The van der Waals surface area contributed by atoms with Gasteiger partial charge in [-0.05, 0) is 25.7 Å². The third-order valence-electron chi connectivity index (χ3n) is 3.90. The first-order valence-corrected chi connectivity index (χ1v) is 6.43. The lowest BCUT2D eigenvalue weighted by atomic mass is 9.78. The van der Waals surface area contributed by atoms with Crippen molar-refractivity contribution < 1.29 is 19.8 Å². The van der Waals surface area contributed by atoms with Crippen LogP contribution in [0.1, 0.15) is 25.7 Å². The Bertz CT molecular complexity index is 337. The Morgan fingerprint density at radius 1 is 1.44 bits per heavy atom. The molecule has 3 N–H and O–H groups in total. The number of hydrogen-bond donors (Lipinski definition) is 3. The number of β-amino-alcohol motifs (C(OH)–C–C–N with tert-alkyl or cyclic N) is 1. The molecule has 1 saturated heterocycles. The van der Waals surface area contributed by atoms with Crippen molar-refractivity contribution in [3.05, 3.63) is 0 Å². The number of nitrogens with one attached hydrogen (secondary N) is 1. The van der Waals surface area contributed by atoms with Crippen LogP contribution in [0.15, 0.2) is 0 Å². The highest BCUT2D eigenvalue weighted by atomic mass is 16.4. The molecule has 18 heavy (non-hydrogen) atoms. The molecule has 0 radical (unpaired) electrons. The minimum atomic E-state index is -0.830. The zero-order valence-electron chi connectivity index (χ0n) is 10.4. The summed E-state index contributed by atoms with van der Waals surface area (Å²) in [6, 6.07) is 0. The van der Waals surface area contributed by atoms with Gasteiger partial charge in [0.15, 0.2) is 0 Å². The lowest BCUT2D eigenvalue weighted by molar-refractivity contribution is -0.145. The summed E-state index contributed by atoms with van der Waals surface area (Å²) < 4.78 is 0. The van der Waals surface area contributed by atoms with Gasteiger partial charge < -0.3 is 15.5 Å². The van der Waals surface area contributed by atoms with Gasteiger partial charge in [0, 0.05) is 19.6 Å². The Morgan fingerprint density at radius 3 is 2.67 bits per heavy atom. The van der Waals surface area contributed by atoms with Crippen molar-refractivity contribution in [2.24, 2.45) is 5.92 Å². The van der Waals surface area contributed by atoms with Gasteiger partial charge >= 0.3 is 5.97 Å². The zero-order valence-corrected chi connectivity index (χ0v) is 10.4. The van der Waals surface area contributed by atoms with Gasteiger partial charge in [0.05, 0.1) is 18.1 Å². The molecule has 0 aromatic heterocycles. The average Bonchev–Trinajstić information content (AvgIpc) is 2.29. The summed E-state index contributed by atoms with van der Waals surface area (Å²) in [5.41, 5.74) is -0.830. The molecular formula is C12H20N2O4. The minimum absolute atomic E-state index is 0.0101.